The van der Waals surface area contributed by atoms with Crippen molar-refractivity contribution in [2.24, 2.45) is 0 Å². The molecule has 1 fully saturated rings. The number of fused-ring (bicyclic) bond motifs is 1. The SMILES string of the molecule is C/C=C/c1cc2c(cc1F)nc(-c1cnnc(C(C)F)c1)n2C1CC1. The van der Waals surface area contributed by atoms with Crippen LogP contribution in [0, 0.1) is 5.82 Å². The number of alkyl halides is 1. The summed E-state index contributed by atoms with van der Waals surface area (Å²) < 4.78 is 30.0. The van der Waals surface area contributed by atoms with Gasteiger partial charge in [0.15, 0.2) is 0 Å². The first-order chi connectivity index (χ1) is 12.1. The van der Waals surface area contributed by atoms with Crippen LogP contribution in [-0.4, -0.2) is 19.7 Å². The summed E-state index contributed by atoms with van der Waals surface area (Å²) >= 11 is 0. The summed E-state index contributed by atoms with van der Waals surface area (Å²) in [5.74, 6) is 0.384. The van der Waals surface area contributed by atoms with Crippen molar-refractivity contribution in [1.29, 1.82) is 0 Å². The van der Waals surface area contributed by atoms with Gasteiger partial charge >= 0.3 is 0 Å². The molecular weight excluding hydrogens is 322 g/mol. The first-order valence-electron chi connectivity index (χ1n) is 8.39. The van der Waals surface area contributed by atoms with E-state index in [0.29, 0.717) is 28.5 Å². The van der Waals surface area contributed by atoms with Crippen LogP contribution < -0.4 is 0 Å². The second-order valence-electron chi connectivity index (χ2n) is 6.38. The summed E-state index contributed by atoms with van der Waals surface area (Å²) in [5, 5.41) is 7.74. The van der Waals surface area contributed by atoms with E-state index in [1.165, 1.54) is 13.0 Å². The molecule has 0 bridgehead atoms. The standard InChI is InChI=1S/C19H18F2N4/c1-3-4-12-8-18-17(9-15(12)21)23-19(25(18)14-5-6-14)13-7-16(11(2)20)24-22-10-13/h3-4,7-11,14H,5-6H2,1-2H3/b4-3+. The predicted molar refractivity (Wildman–Crippen MR) is 93.2 cm³/mol. The van der Waals surface area contributed by atoms with Crippen LogP contribution in [-0.2, 0) is 0 Å². The largest absolute Gasteiger partial charge is 0.321 e. The van der Waals surface area contributed by atoms with E-state index in [9.17, 15) is 8.78 Å². The van der Waals surface area contributed by atoms with Gasteiger partial charge < -0.3 is 4.57 Å². The van der Waals surface area contributed by atoms with E-state index in [0.717, 1.165) is 18.4 Å². The Morgan fingerprint density at radius 1 is 1.28 bits per heavy atom. The Balaban J connectivity index is 1.95. The van der Waals surface area contributed by atoms with Gasteiger partial charge in [0.05, 0.1) is 22.9 Å². The Hall–Kier alpha value is -2.63. The smallest absolute Gasteiger partial charge is 0.143 e. The molecule has 0 amide bonds. The van der Waals surface area contributed by atoms with E-state index in [-0.39, 0.29) is 11.5 Å². The van der Waals surface area contributed by atoms with Crippen LogP contribution in [0.2, 0.25) is 0 Å². The van der Waals surface area contributed by atoms with Crippen molar-refractivity contribution in [3.63, 3.8) is 0 Å². The Morgan fingerprint density at radius 2 is 2.08 bits per heavy atom. The van der Waals surface area contributed by atoms with E-state index >= 15 is 0 Å². The summed E-state index contributed by atoms with van der Waals surface area (Å²) in [7, 11) is 0. The second kappa shape index (κ2) is 6.02. The summed E-state index contributed by atoms with van der Waals surface area (Å²) in [6.07, 6.45) is 6.04. The minimum absolute atomic E-state index is 0.271. The van der Waals surface area contributed by atoms with Gasteiger partial charge in [0, 0.05) is 23.2 Å². The molecule has 2 aromatic heterocycles. The number of allylic oxidation sites excluding steroid dienone is 1. The van der Waals surface area contributed by atoms with Gasteiger partial charge in [-0.05, 0) is 38.8 Å². The molecule has 4 nitrogen and oxygen atoms in total. The van der Waals surface area contributed by atoms with Crippen molar-refractivity contribution in [3.8, 4) is 11.4 Å². The molecule has 0 aliphatic heterocycles. The van der Waals surface area contributed by atoms with E-state index in [1.54, 1.807) is 18.3 Å². The number of rotatable bonds is 4. The monoisotopic (exact) mass is 340 g/mol. The van der Waals surface area contributed by atoms with Gasteiger partial charge in [0.1, 0.15) is 17.8 Å². The molecular formula is C19H18F2N4. The molecule has 25 heavy (non-hydrogen) atoms. The van der Waals surface area contributed by atoms with Gasteiger partial charge in [-0.3, -0.25) is 0 Å². The third-order valence-corrected chi connectivity index (χ3v) is 4.41. The van der Waals surface area contributed by atoms with E-state index in [4.69, 9.17) is 0 Å². The molecule has 6 heteroatoms. The van der Waals surface area contributed by atoms with Crippen LogP contribution in [0.15, 0.2) is 30.5 Å². The molecule has 1 unspecified atom stereocenters. The molecule has 1 aromatic carbocycles. The van der Waals surface area contributed by atoms with Crippen molar-refractivity contribution >= 4 is 17.1 Å². The maximum absolute atomic E-state index is 14.3. The third kappa shape index (κ3) is 2.81. The number of aromatic nitrogens is 4. The number of halogens is 2. The molecule has 1 atom stereocenters. The average molecular weight is 340 g/mol. The molecule has 2 heterocycles. The van der Waals surface area contributed by atoms with Crippen molar-refractivity contribution in [2.45, 2.75) is 38.9 Å². The summed E-state index contributed by atoms with van der Waals surface area (Å²) in [5.41, 5.74) is 2.99. The predicted octanol–water partition coefficient (Wildman–Crippen LogP) is 5.03. The van der Waals surface area contributed by atoms with Crippen molar-refractivity contribution in [3.05, 3.63) is 47.5 Å². The number of benzene rings is 1. The van der Waals surface area contributed by atoms with Crippen LogP contribution in [0.4, 0.5) is 8.78 Å². The zero-order valence-corrected chi connectivity index (χ0v) is 14.1. The van der Waals surface area contributed by atoms with Gasteiger partial charge in [0.2, 0.25) is 0 Å². The fourth-order valence-corrected chi connectivity index (χ4v) is 3.05. The van der Waals surface area contributed by atoms with E-state index < -0.39 is 6.17 Å². The van der Waals surface area contributed by atoms with E-state index in [2.05, 4.69) is 19.7 Å². The highest BCUT2D eigenvalue weighted by molar-refractivity contribution is 5.83. The highest BCUT2D eigenvalue weighted by Crippen LogP contribution is 2.41. The van der Waals surface area contributed by atoms with Gasteiger partial charge in [0.25, 0.3) is 0 Å². The fraction of sp³-hybridized carbons (Fsp3) is 0.316. The topological polar surface area (TPSA) is 43.6 Å². The first kappa shape index (κ1) is 15.9. The number of hydrogen-bond donors (Lipinski definition) is 0. The lowest BCUT2D eigenvalue weighted by Gasteiger charge is -2.09. The number of hydrogen-bond acceptors (Lipinski definition) is 3. The molecule has 1 aliphatic carbocycles. The zero-order chi connectivity index (χ0) is 17.6. The highest BCUT2D eigenvalue weighted by Gasteiger charge is 2.29. The molecule has 0 spiro atoms. The highest BCUT2D eigenvalue weighted by atomic mass is 19.1. The molecule has 3 aromatic rings. The second-order valence-corrected chi connectivity index (χ2v) is 6.38. The summed E-state index contributed by atoms with van der Waals surface area (Å²) in [4.78, 5) is 4.62. The lowest BCUT2D eigenvalue weighted by molar-refractivity contribution is 0.363. The minimum atomic E-state index is -1.20. The molecule has 0 radical (unpaired) electrons. The van der Waals surface area contributed by atoms with Gasteiger partial charge in [-0.2, -0.15) is 10.2 Å². The molecule has 1 aliphatic rings. The van der Waals surface area contributed by atoms with Gasteiger partial charge in [-0.1, -0.05) is 12.2 Å². The first-order valence-corrected chi connectivity index (χ1v) is 8.39. The molecule has 128 valence electrons. The van der Waals surface area contributed by atoms with Crippen molar-refractivity contribution in [2.75, 3.05) is 0 Å². The minimum Gasteiger partial charge on any atom is -0.321 e. The van der Waals surface area contributed by atoms with Crippen LogP contribution in [0.1, 0.15) is 50.2 Å². The van der Waals surface area contributed by atoms with Crippen LogP contribution in [0.5, 0.6) is 0 Å². The van der Waals surface area contributed by atoms with Crippen molar-refractivity contribution in [1.82, 2.24) is 19.7 Å². The Bertz CT molecular complexity index is 971. The Labute approximate surface area is 144 Å². The summed E-state index contributed by atoms with van der Waals surface area (Å²) in [6, 6.07) is 5.29. The molecule has 4 rings (SSSR count). The lowest BCUT2D eigenvalue weighted by Crippen LogP contribution is -2.00. The summed E-state index contributed by atoms with van der Waals surface area (Å²) in [6.45, 7) is 3.28. The van der Waals surface area contributed by atoms with Crippen LogP contribution in [0.25, 0.3) is 28.5 Å². The third-order valence-electron chi connectivity index (χ3n) is 4.41. The van der Waals surface area contributed by atoms with Crippen LogP contribution in [0.3, 0.4) is 0 Å². The number of nitrogens with zero attached hydrogens (tertiary/aromatic N) is 4. The van der Waals surface area contributed by atoms with Crippen LogP contribution >= 0.6 is 0 Å². The van der Waals surface area contributed by atoms with Gasteiger partial charge in [-0.15, -0.1) is 0 Å². The molecule has 1 saturated carbocycles. The zero-order valence-electron chi connectivity index (χ0n) is 14.1. The van der Waals surface area contributed by atoms with E-state index in [1.807, 2.05) is 19.1 Å². The maximum atomic E-state index is 14.3. The van der Waals surface area contributed by atoms with Crippen molar-refractivity contribution < 1.29 is 8.78 Å². The average Bonchev–Trinajstić information content (AvgIpc) is 3.37. The molecule has 0 saturated heterocycles. The normalized spacial score (nSPS) is 16.0. The molecule has 0 N–H and O–H groups in total. The van der Waals surface area contributed by atoms with Gasteiger partial charge in [-0.25, -0.2) is 13.8 Å². The Morgan fingerprint density at radius 3 is 2.76 bits per heavy atom. The Kier molecular flexibility index (Phi) is 3.82. The number of imidazole rings is 1. The maximum Gasteiger partial charge on any atom is 0.143 e. The lowest BCUT2D eigenvalue weighted by atomic mass is 10.1. The fourth-order valence-electron chi connectivity index (χ4n) is 3.05. The quantitative estimate of drug-likeness (QED) is 0.669.